The zero-order valence-corrected chi connectivity index (χ0v) is 18.6. The molecule has 1 fully saturated rings. The maximum atomic E-state index is 13.3. The Bertz CT molecular complexity index is 1080. The summed E-state index contributed by atoms with van der Waals surface area (Å²) in [6.45, 7) is 4.39. The Kier molecular flexibility index (Phi) is 5.84. The summed E-state index contributed by atoms with van der Waals surface area (Å²) in [5, 5.41) is 17.1. The maximum absolute atomic E-state index is 13.3. The smallest absolute Gasteiger partial charge is 0.269 e. The van der Waals surface area contributed by atoms with Crippen molar-refractivity contribution in [2.45, 2.75) is 38.9 Å². The number of hydrazone groups is 1. The van der Waals surface area contributed by atoms with E-state index in [2.05, 4.69) is 10.0 Å². The number of rotatable bonds is 5. The van der Waals surface area contributed by atoms with Crippen molar-refractivity contribution in [3.05, 3.63) is 63.2 Å². The van der Waals surface area contributed by atoms with Gasteiger partial charge in [-0.05, 0) is 61.2 Å². The van der Waals surface area contributed by atoms with Crippen molar-refractivity contribution in [3.63, 3.8) is 0 Å². The van der Waals surface area contributed by atoms with Gasteiger partial charge in [0.05, 0.1) is 19.1 Å². The van der Waals surface area contributed by atoms with E-state index in [1.807, 2.05) is 26.0 Å². The highest BCUT2D eigenvalue weighted by Gasteiger charge is 2.44. The third-order valence-corrected chi connectivity index (χ3v) is 5.92. The van der Waals surface area contributed by atoms with E-state index in [0.717, 1.165) is 28.8 Å². The highest BCUT2D eigenvalue weighted by Crippen LogP contribution is 2.46. The van der Waals surface area contributed by atoms with E-state index in [-0.39, 0.29) is 24.1 Å². The zero-order chi connectivity index (χ0) is 23.0. The molecule has 1 amide bonds. The Morgan fingerprint density at radius 1 is 1.12 bits per heavy atom. The molecule has 2 unspecified atom stereocenters. The molecule has 0 aromatic heterocycles. The van der Waals surface area contributed by atoms with Gasteiger partial charge in [-0.25, -0.2) is 5.01 Å². The fourth-order valence-corrected chi connectivity index (χ4v) is 4.53. The second-order valence-corrected chi connectivity index (χ2v) is 8.12. The minimum Gasteiger partial charge on any atom is -0.493 e. The van der Waals surface area contributed by atoms with Crippen LogP contribution in [-0.2, 0) is 11.2 Å². The maximum Gasteiger partial charge on any atom is 0.269 e. The second-order valence-electron chi connectivity index (χ2n) is 8.12. The second kappa shape index (κ2) is 8.58. The average molecular weight is 438 g/mol. The van der Waals surface area contributed by atoms with Crippen LogP contribution in [0, 0.1) is 10.1 Å². The molecule has 1 saturated heterocycles. The predicted octanol–water partition coefficient (Wildman–Crippen LogP) is 3.84. The quantitative estimate of drug-likeness (QED) is 0.400. The van der Waals surface area contributed by atoms with Gasteiger partial charge in [0, 0.05) is 36.9 Å². The number of carbonyl (C=O) groups excluding carboxylic acids is 1. The minimum atomic E-state index is -0.460. The van der Waals surface area contributed by atoms with Crippen molar-refractivity contribution in [1.29, 1.82) is 0 Å². The van der Waals surface area contributed by atoms with Crippen molar-refractivity contribution in [3.8, 4) is 11.5 Å². The summed E-state index contributed by atoms with van der Waals surface area (Å²) in [5.74, 6) is 1.19. The standard InChI is InChI=1S/C23H26N4O5/c1-14(2)24-26-22(28)13-19-18-12-21(32-4)20(31-3)11-16(18)9-10-25(19)23(26)15-5-7-17(8-6-15)27(29)30/h5-8,11-12,19,23H,9-10,13H2,1-4H3. The molecular formula is C23H26N4O5. The van der Waals surface area contributed by atoms with Crippen molar-refractivity contribution < 1.29 is 19.2 Å². The number of methoxy groups -OCH3 is 2. The van der Waals surface area contributed by atoms with Crippen molar-refractivity contribution in [2.75, 3.05) is 20.8 Å². The number of ether oxygens (including phenoxy) is 2. The molecule has 0 radical (unpaired) electrons. The summed E-state index contributed by atoms with van der Waals surface area (Å²) in [7, 11) is 3.20. The van der Waals surface area contributed by atoms with E-state index in [4.69, 9.17) is 9.47 Å². The van der Waals surface area contributed by atoms with Gasteiger partial charge in [-0.2, -0.15) is 5.10 Å². The van der Waals surface area contributed by atoms with Gasteiger partial charge in [-0.1, -0.05) is 0 Å². The molecule has 0 aliphatic carbocycles. The first-order valence-corrected chi connectivity index (χ1v) is 10.4. The van der Waals surface area contributed by atoms with Crippen LogP contribution in [0.1, 0.15) is 49.2 Å². The lowest BCUT2D eigenvalue weighted by atomic mass is 9.87. The predicted molar refractivity (Wildman–Crippen MR) is 119 cm³/mol. The zero-order valence-electron chi connectivity index (χ0n) is 18.6. The first kappa shape index (κ1) is 21.8. The van der Waals surface area contributed by atoms with Gasteiger partial charge in [0.1, 0.15) is 6.17 Å². The van der Waals surface area contributed by atoms with Crippen LogP contribution in [0.25, 0.3) is 0 Å². The molecule has 2 aromatic carbocycles. The summed E-state index contributed by atoms with van der Waals surface area (Å²) < 4.78 is 11.0. The van der Waals surface area contributed by atoms with Crippen LogP contribution in [0.5, 0.6) is 11.5 Å². The highest BCUT2D eigenvalue weighted by molar-refractivity contribution is 5.83. The number of benzene rings is 2. The molecule has 2 aliphatic rings. The fraction of sp³-hybridized carbons (Fsp3) is 0.391. The number of hydrogen-bond donors (Lipinski definition) is 0. The molecule has 0 spiro atoms. The normalized spacial score (nSPS) is 20.2. The molecular weight excluding hydrogens is 412 g/mol. The number of nitro benzene ring substituents is 1. The topological polar surface area (TPSA) is 97.5 Å². The molecule has 2 atom stereocenters. The first-order valence-electron chi connectivity index (χ1n) is 10.4. The van der Waals surface area contributed by atoms with Crippen LogP contribution in [0.4, 0.5) is 5.69 Å². The van der Waals surface area contributed by atoms with Gasteiger partial charge in [0.25, 0.3) is 5.69 Å². The van der Waals surface area contributed by atoms with Crippen LogP contribution >= 0.6 is 0 Å². The van der Waals surface area contributed by atoms with Crippen LogP contribution in [0.3, 0.4) is 0 Å². The Balaban J connectivity index is 1.81. The Labute approximate surface area is 186 Å². The highest BCUT2D eigenvalue weighted by atomic mass is 16.6. The number of hydrogen-bond acceptors (Lipinski definition) is 7. The number of amides is 1. The molecule has 9 heteroatoms. The van der Waals surface area contributed by atoms with E-state index in [0.29, 0.717) is 18.0 Å². The lowest BCUT2D eigenvalue weighted by molar-refractivity contribution is -0.384. The van der Waals surface area contributed by atoms with Crippen LogP contribution in [-0.4, -0.2) is 47.2 Å². The minimum absolute atomic E-state index is 0.00924. The summed E-state index contributed by atoms with van der Waals surface area (Å²) >= 11 is 0. The molecule has 32 heavy (non-hydrogen) atoms. The summed E-state index contributed by atoms with van der Waals surface area (Å²) in [5.41, 5.74) is 3.71. The third kappa shape index (κ3) is 3.80. The number of carbonyl (C=O) groups is 1. The Hall–Kier alpha value is -3.46. The number of fused-ring (bicyclic) bond motifs is 3. The average Bonchev–Trinajstić information content (AvgIpc) is 2.78. The van der Waals surface area contributed by atoms with E-state index in [1.165, 1.54) is 17.1 Å². The lowest BCUT2D eigenvalue weighted by Gasteiger charge is -2.49. The van der Waals surface area contributed by atoms with Crippen molar-refractivity contribution in [1.82, 2.24) is 9.91 Å². The largest absolute Gasteiger partial charge is 0.493 e. The van der Waals surface area contributed by atoms with Crippen LogP contribution in [0.15, 0.2) is 41.5 Å². The van der Waals surface area contributed by atoms with Gasteiger partial charge in [-0.3, -0.25) is 19.8 Å². The SMILES string of the molecule is COc1cc2c(cc1OC)C1CC(=O)N(N=C(C)C)C(c3ccc([N+](=O)[O-])cc3)N1CC2. The Morgan fingerprint density at radius 3 is 2.38 bits per heavy atom. The molecule has 0 bridgehead atoms. The molecule has 9 nitrogen and oxygen atoms in total. The molecule has 0 saturated carbocycles. The van der Waals surface area contributed by atoms with Crippen molar-refractivity contribution >= 4 is 17.3 Å². The first-order chi connectivity index (χ1) is 15.3. The summed E-state index contributed by atoms with van der Waals surface area (Å²) in [6, 6.07) is 10.1. The molecule has 2 aromatic rings. The van der Waals surface area contributed by atoms with Crippen LogP contribution < -0.4 is 9.47 Å². The van der Waals surface area contributed by atoms with Gasteiger partial charge in [-0.15, -0.1) is 0 Å². The Morgan fingerprint density at radius 2 is 1.78 bits per heavy atom. The van der Waals surface area contributed by atoms with Crippen LogP contribution in [0.2, 0.25) is 0 Å². The molecule has 168 valence electrons. The van der Waals surface area contributed by atoms with Crippen molar-refractivity contribution in [2.24, 2.45) is 5.10 Å². The monoisotopic (exact) mass is 438 g/mol. The summed E-state index contributed by atoms with van der Waals surface area (Å²) in [6.07, 6.45) is 0.591. The molecule has 2 aliphatic heterocycles. The molecule has 2 heterocycles. The number of nitrogens with zero attached hydrogens (tertiary/aromatic N) is 4. The van der Waals surface area contributed by atoms with E-state index in [1.54, 1.807) is 26.4 Å². The van der Waals surface area contributed by atoms with E-state index >= 15 is 0 Å². The lowest BCUT2D eigenvalue weighted by Crippen LogP contribution is -2.52. The third-order valence-electron chi connectivity index (χ3n) is 5.92. The van der Waals surface area contributed by atoms with E-state index in [9.17, 15) is 14.9 Å². The van der Waals surface area contributed by atoms with Gasteiger partial charge < -0.3 is 9.47 Å². The fourth-order valence-electron chi connectivity index (χ4n) is 4.53. The number of nitro groups is 1. The van der Waals surface area contributed by atoms with Gasteiger partial charge in [0.2, 0.25) is 5.91 Å². The van der Waals surface area contributed by atoms with Gasteiger partial charge >= 0.3 is 0 Å². The molecule has 0 N–H and O–H groups in total. The molecule has 4 rings (SSSR count). The number of non-ortho nitro benzene ring substituents is 1. The summed E-state index contributed by atoms with van der Waals surface area (Å²) in [4.78, 5) is 26.2. The van der Waals surface area contributed by atoms with E-state index < -0.39 is 11.1 Å². The van der Waals surface area contributed by atoms with Gasteiger partial charge in [0.15, 0.2) is 11.5 Å².